The number of cyclic esters (lactones) is 1. The largest absolute Gasteiger partial charge is 0.460 e. The van der Waals surface area contributed by atoms with E-state index in [1.165, 1.54) is 37.2 Å². The molecule has 1 saturated heterocycles. The lowest BCUT2D eigenvalue weighted by atomic mass is 9.83. The van der Waals surface area contributed by atoms with Gasteiger partial charge >= 0.3 is 5.97 Å². The summed E-state index contributed by atoms with van der Waals surface area (Å²) in [6, 6.07) is -0.175. The highest BCUT2D eigenvalue weighted by Gasteiger charge is 2.38. The molecule has 0 aromatic heterocycles. The molecule has 5 nitrogen and oxygen atoms in total. The molecule has 2 rings (SSSR count). The number of hydrogen-bond donors (Lipinski definition) is 0. The van der Waals surface area contributed by atoms with Crippen molar-refractivity contribution in [3.05, 3.63) is 0 Å². The molecule has 0 spiro atoms. The van der Waals surface area contributed by atoms with Gasteiger partial charge in [-0.05, 0) is 39.5 Å². The Balaban J connectivity index is 2.08. The zero-order chi connectivity index (χ0) is 16.2. The van der Waals surface area contributed by atoms with Gasteiger partial charge < -0.3 is 4.74 Å². The molecule has 126 valence electrons. The van der Waals surface area contributed by atoms with Crippen molar-refractivity contribution < 1.29 is 19.2 Å². The minimum atomic E-state index is -0.450. The Kier molecular flexibility index (Phi) is 5.84. The maximum atomic E-state index is 11.6. The van der Waals surface area contributed by atoms with Crippen molar-refractivity contribution in [3.8, 4) is 0 Å². The summed E-state index contributed by atoms with van der Waals surface area (Å²) in [6.45, 7) is 5.76. The predicted octanol–water partition coefficient (Wildman–Crippen LogP) is 3.22. The summed E-state index contributed by atoms with van der Waals surface area (Å²) in [5, 5.41) is 1.40. The third-order valence-corrected chi connectivity index (χ3v) is 4.45. The first-order valence-electron chi connectivity index (χ1n) is 8.51. The van der Waals surface area contributed by atoms with Crippen LogP contribution < -0.4 is 0 Å². The number of amides is 1. The molecule has 5 heteroatoms. The van der Waals surface area contributed by atoms with Crippen LogP contribution in [0.3, 0.4) is 0 Å². The quantitative estimate of drug-likeness (QED) is 0.429. The second-order valence-electron chi connectivity index (χ2n) is 7.54. The topological polar surface area (TPSA) is 55.8 Å². The van der Waals surface area contributed by atoms with Crippen LogP contribution in [0.15, 0.2) is 0 Å². The molecule has 2 atom stereocenters. The number of hydrogen-bond acceptors (Lipinski definition) is 4. The highest BCUT2D eigenvalue weighted by Crippen LogP contribution is 2.33. The first-order valence-corrected chi connectivity index (χ1v) is 8.51. The summed E-state index contributed by atoms with van der Waals surface area (Å²) in [6.07, 6.45) is 8.67. The second-order valence-corrected chi connectivity index (χ2v) is 7.54. The minimum Gasteiger partial charge on any atom is -0.460 e. The van der Waals surface area contributed by atoms with E-state index in [1.54, 1.807) is 0 Å². The summed E-state index contributed by atoms with van der Waals surface area (Å²) >= 11 is 0. The molecule has 0 aromatic rings. The van der Waals surface area contributed by atoms with Crippen LogP contribution in [0.4, 0.5) is 0 Å². The fraction of sp³-hybridized carbons (Fsp3) is 0.882. The summed E-state index contributed by atoms with van der Waals surface area (Å²) < 4.78 is 5.44. The third kappa shape index (κ3) is 4.97. The molecule has 2 aliphatic rings. The zero-order valence-corrected chi connectivity index (χ0v) is 14.0. The normalized spacial score (nSPS) is 24.9. The van der Waals surface area contributed by atoms with Gasteiger partial charge in [-0.15, -0.1) is 0 Å². The van der Waals surface area contributed by atoms with E-state index in [9.17, 15) is 9.59 Å². The molecule has 2 fully saturated rings. The molecule has 22 heavy (non-hydrogen) atoms. The maximum Gasteiger partial charge on any atom is 0.306 e. The molecule has 0 bridgehead atoms. The van der Waals surface area contributed by atoms with E-state index in [2.05, 4.69) is 0 Å². The lowest BCUT2D eigenvalue weighted by Gasteiger charge is -2.37. The Morgan fingerprint density at radius 3 is 2.45 bits per heavy atom. The van der Waals surface area contributed by atoms with Gasteiger partial charge in [-0.3, -0.25) is 14.4 Å². The van der Waals surface area contributed by atoms with Crippen LogP contribution in [0.1, 0.15) is 72.1 Å². The van der Waals surface area contributed by atoms with Gasteiger partial charge in [0.05, 0.1) is 11.6 Å². The van der Waals surface area contributed by atoms with E-state index < -0.39 is 5.60 Å². The van der Waals surface area contributed by atoms with E-state index in [4.69, 9.17) is 9.57 Å². The van der Waals surface area contributed by atoms with Crippen molar-refractivity contribution in [2.45, 2.75) is 89.9 Å². The van der Waals surface area contributed by atoms with E-state index in [0.29, 0.717) is 18.8 Å². The fourth-order valence-corrected chi connectivity index (χ4v) is 3.49. The summed E-state index contributed by atoms with van der Waals surface area (Å²) in [5.74, 6) is 0.421. The Morgan fingerprint density at radius 2 is 1.95 bits per heavy atom. The number of rotatable bonds is 6. The fourth-order valence-electron chi connectivity index (χ4n) is 3.49. The van der Waals surface area contributed by atoms with Crippen molar-refractivity contribution in [2.24, 2.45) is 5.92 Å². The Labute approximate surface area is 133 Å². The lowest BCUT2D eigenvalue weighted by molar-refractivity contribution is -0.245. The van der Waals surface area contributed by atoms with Gasteiger partial charge in [-0.2, -0.15) is 0 Å². The molecule has 1 aliphatic heterocycles. The van der Waals surface area contributed by atoms with Crippen LogP contribution in [0.25, 0.3) is 0 Å². The van der Waals surface area contributed by atoms with Gasteiger partial charge in [0, 0.05) is 6.42 Å². The second kappa shape index (κ2) is 7.44. The first kappa shape index (κ1) is 17.3. The Bertz CT molecular complexity index is 385. The molecule has 1 aliphatic carbocycles. The smallest absolute Gasteiger partial charge is 0.306 e. The minimum absolute atomic E-state index is 0.166. The molecule has 0 N–H and O–H groups in total. The van der Waals surface area contributed by atoms with Gasteiger partial charge in [0.1, 0.15) is 6.10 Å². The average molecular weight is 311 g/mol. The zero-order valence-electron chi connectivity index (χ0n) is 14.0. The highest BCUT2D eigenvalue weighted by atomic mass is 16.7. The molecule has 0 radical (unpaired) electrons. The maximum absolute atomic E-state index is 11.6. The Hall–Kier alpha value is -1.10. The molecule has 1 heterocycles. The molecule has 1 amide bonds. The van der Waals surface area contributed by atoms with Crippen LogP contribution in [-0.2, 0) is 19.2 Å². The third-order valence-electron chi connectivity index (χ3n) is 4.45. The average Bonchev–Trinajstić information content (AvgIpc) is 2.89. The van der Waals surface area contributed by atoms with Crippen molar-refractivity contribution in [3.63, 3.8) is 0 Å². The monoisotopic (exact) mass is 311 g/mol. The van der Waals surface area contributed by atoms with Crippen molar-refractivity contribution in [1.29, 1.82) is 0 Å². The molecular formula is C17H29NO4. The lowest BCUT2D eigenvalue weighted by Crippen LogP contribution is -2.47. The number of carbonyl (C=O) groups is 2. The van der Waals surface area contributed by atoms with Crippen LogP contribution in [-0.4, -0.2) is 35.2 Å². The Morgan fingerprint density at radius 1 is 1.27 bits per heavy atom. The van der Waals surface area contributed by atoms with Crippen LogP contribution in [0.5, 0.6) is 0 Å². The van der Waals surface area contributed by atoms with Gasteiger partial charge in [0.25, 0.3) is 0 Å². The van der Waals surface area contributed by atoms with Crippen molar-refractivity contribution in [1.82, 2.24) is 5.06 Å². The van der Waals surface area contributed by atoms with E-state index in [-0.39, 0.29) is 18.1 Å². The summed E-state index contributed by atoms with van der Waals surface area (Å²) in [4.78, 5) is 28.9. The van der Waals surface area contributed by atoms with Gasteiger partial charge in [0.15, 0.2) is 0 Å². The number of hydroxylamine groups is 2. The number of esters is 1. The molecule has 0 aromatic carbocycles. The predicted molar refractivity (Wildman–Crippen MR) is 82.8 cm³/mol. The highest BCUT2D eigenvalue weighted by molar-refractivity contribution is 5.71. The number of carbonyl (C=O) groups excluding carboxylic acids is 2. The standard InChI is InChI=1S/C17H29NO4/c1-17(2,3)22-18(12-19)14(15-9-10-16(20)21-15)11-13-7-5-4-6-8-13/h12-15H,4-11H2,1-3H3/t14-,15-/m0/s1. The summed E-state index contributed by atoms with van der Waals surface area (Å²) in [5.41, 5.74) is -0.450. The molecule has 0 unspecified atom stereocenters. The summed E-state index contributed by atoms with van der Waals surface area (Å²) in [7, 11) is 0. The van der Waals surface area contributed by atoms with Gasteiger partial charge in [-0.25, -0.2) is 5.06 Å². The van der Waals surface area contributed by atoms with E-state index >= 15 is 0 Å². The van der Waals surface area contributed by atoms with E-state index in [0.717, 1.165) is 12.8 Å². The SMILES string of the molecule is CC(C)(C)ON(C=O)[C@@H](CC1CCCCC1)[C@@H]1CCC(=O)O1. The van der Waals surface area contributed by atoms with Crippen LogP contribution in [0, 0.1) is 5.92 Å². The number of nitrogens with zero attached hydrogens (tertiary/aromatic N) is 1. The first-order chi connectivity index (χ1) is 10.4. The van der Waals surface area contributed by atoms with Crippen molar-refractivity contribution >= 4 is 12.4 Å². The van der Waals surface area contributed by atoms with Crippen molar-refractivity contribution in [2.75, 3.05) is 0 Å². The van der Waals surface area contributed by atoms with Gasteiger partial charge in [-0.1, -0.05) is 32.1 Å². The van der Waals surface area contributed by atoms with E-state index in [1.807, 2.05) is 20.8 Å². The van der Waals surface area contributed by atoms with Crippen LogP contribution in [0.2, 0.25) is 0 Å². The molecular weight excluding hydrogens is 282 g/mol. The molecule has 1 saturated carbocycles. The van der Waals surface area contributed by atoms with Gasteiger partial charge in [0.2, 0.25) is 6.41 Å². The van der Waals surface area contributed by atoms with Crippen LogP contribution >= 0.6 is 0 Å². The number of ether oxygens (including phenoxy) is 1.